The van der Waals surface area contributed by atoms with E-state index in [0.717, 1.165) is 35.1 Å². The summed E-state index contributed by atoms with van der Waals surface area (Å²) in [6.07, 6.45) is 5.30. The molecule has 122 valence electrons. The molecular formula is C16H19BrN4O2. The quantitative estimate of drug-likeness (QED) is 0.883. The third kappa shape index (κ3) is 2.89. The van der Waals surface area contributed by atoms with Gasteiger partial charge in [-0.2, -0.15) is 10.2 Å². The van der Waals surface area contributed by atoms with Crippen molar-refractivity contribution in [3.8, 4) is 5.82 Å². The molecular weight excluding hydrogens is 360 g/mol. The third-order valence-corrected chi connectivity index (χ3v) is 5.35. The topological polar surface area (TPSA) is 80.9 Å². The number of hydrogen-bond donors (Lipinski definition) is 1. The van der Waals surface area contributed by atoms with Gasteiger partial charge in [-0.1, -0.05) is 12.8 Å². The lowest BCUT2D eigenvalue weighted by Crippen LogP contribution is -2.37. The minimum Gasteiger partial charge on any atom is -0.481 e. The fraction of sp³-hybridized carbons (Fsp3) is 0.500. The Balaban J connectivity index is 2.00. The van der Waals surface area contributed by atoms with E-state index in [1.807, 2.05) is 32.2 Å². The molecule has 1 fully saturated rings. The minimum atomic E-state index is -0.779. The molecule has 0 saturated heterocycles. The van der Waals surface area contributed by atoms with Crippen LogP contribution in [-0.4, -0.2) is 31.1 Å². The third-order valence-electron chi connectivity index (χ3n) is 4.74. The van der Waals surface area contributed by atoms with Gasteiger partial charge in [0, 0.05) is 12.1 Å². The van der Waals surface area contributed by atoms with E-state index in [2.05, 4.69) is 31.2 Å². The zero-order valence-corrected chi connectivity index (χ0v) is 14.7. The van der Waals surface area contributed by atoms with Crippen LogP contribution in [0, 0.1) is 12.3 Å². The summed E-state index contributed by atoms with van der Waals surface area (Å²) in [4.78, 5) is 11.8. The molecule has 2 atom stereocenters. The van der Waals surface area contributed by atoms with Crippen molar-refractivity contribution in [2.24, 2.45) is 5.41 Å². The van der Waals surface area contributed by atoms with Crippen LogP contribution in [0.2, 0.25) is 0 Å². The van der Waals surface area contributed by atoms with Crippen molar-refractivity contribution < 1.29 is 9.90 Å². The highest BCUT2D eigenvalue weighted by molar-refractivity contribution is 9.10. The first-order valence-electron chi connectivity index (χ1n) is 7.71. The maximum Gasteiger partial charge on any atom is 0.310 e. The molecule has 2 heterocycles. The van der Waals surface area contributed by atoms with Crippen LogP contribution in [0.1, 0.15) is 49.9 Å². The Hall–Kier alpha value is -1.76. The molecule has 0 aromatic carbocycles. The Morgan fingerprint density at radius 3 is 2.83 bits per heavy atom. The van der Waals surface area contributed by atoms with E-state index in [-0.39, 0.29) is 5.92 Å². The summed E-state index contributed by atoms with van der Waals surface area (Å²) in [6.45, 7) is 3.71. The average molecular weight is 379 g/mol. The summed E-state index contributed by atoms with van der Waals surface area (Å²) in [5.41, 5.74) is 0.849. The highest BCUT2D eigenvalue weighted by Gasteiger charge is 2.45. The largest absolute Gasteiger partial charge is 0.481 e. The molecule has 2 aromatic rings. The number of carboxylic acid groups (broad SMARTS) is 1. The first-order valence-corrected chi connectivity index (χ1v) is 8.50. The lowest BCUT2D eigenvalue weighted by atomic mass is 9.66. The number of nitrogens with zero attached hydrogens (tertiary/aromatic N) is 4. The fourth-order valence-corrected chi connectivity index (χ4v) is 3.81. The van der Waals surface area contributed by atoms with Gasteiger partial charge >= 0.3 is 5.97 Å². The van der Waals surface area contributed by atoms with Crippen LogP contribution in [0.5, 0.6) is 0 Å². The highest BCUT2D eigenvalue weighted by Crippen LogP contribution is 2.48. The van der Waals surface area contributed by atoms with Crippen LogP contribution in [0.4, 0.5) is 0 Å². The van der Waals surface area contributed by atoms with Gasteiger partial charge in [-0.15, -0.1) is 5.10 Å². The van der Waals surface area contributed by atoms with Crippen LogP contribution in [-0.2, 0) is 4.79 Å². The van der Waals surface area contributed by atoms with Crippen LogP contribution in [0.25, 0.3) is 5.82 Å². The Labute approximate surface area is 143 Å². The zero-order valence-electron chi connectivity index (χ0n) is 13.2. The predicted octanol–water partition coefficient (Wildman–Crippen LogP) is 3.48. The summed E-state index contributed by atoms with van der Waals surface area (Å²) < 4.78 is 2.47. The summed E-state index contributed by atoms with van der Waals surface area (Å²) in [6, 6.07) is 3.72. The molecule has 2 aromatic heterocycles. The molecule has 3 rings (SSSR count). The molecule has 1 aliphatic rings. The van der Waals surface area contributed by atoms with Crippen LogP contribution < -0.4 is 0 Å². The van der Waals surface area contributed by atoms with Crippen molar-refractivity contribution in [1.29, 1.82) is 0 Å². The second-order valence-electron chi connectivity index (χ2n) is 6.36. The smallest absolute Gasteiger partial charge is 0.310 e. The predicted molar refractivity (Wildman–Crippen MR) is 88.5 cm³/mol. The summed E-state index contributed by atoms with van der Waals surface area (Å²) in [5, 5.41) is 22.5. The van der Waals surface area contributed by atoms with E-state index in [4.69, 9.17) is 0 Å². The monoisotopic (exact) mass is 378 g/mol. The molecule has 0 bridgehead atoms. The summed E-state index contributed by atoms with van der Waals surface area (Å²) >= 11 is 3.54. The van der Waals surface area contributed by atoms with Gasteiger partial charge in [-0.25, -0.2) is 4.68 Å². The van der Waals surface area contributed by atoms with Crippen molar-refractivity contribution in [3.63, 3.8) is 0 Å². The first kappa shape index (κ1) is 16.1. The Bertz CT molecular complexity index is 728. The second-order valence-corrected chi connectivity index (χ2v) is 7.22. The number of halogens is 1. The number of carboxylic acids is 1. The van der Waals surface area contributed by atoms with Crippen LogP contribution in [0.3, 0.4) is 0 Å². The van der Waals surface area contributed by atoms with E-state index >= 15 is 0 Å². The summed E-state index contributed by atoms with van der Waals surface area (Å²) in [7, 11) is 0. The van der Waals surface area contributed by atoms with Crippen LogP contribution in [0.15, 0.2) is 22.8 Å². The number of aromatic nitrogens is 4. The minimum absolute atomic E-state index is 0.109. The molecule has 1 saturated carbocycles. The maximum absolute atomic E-state index is 11.8. The molecule has 23 heavy (non-hydrogen) atoms. The Morgan fingerprint density at radius 2 is 2.17 bits per heavy atom. The molecule has 0 aliphatic heterocycles. The molecule has 0 amide bonds. The van der Waals surface area contributed by atoms with E-state index < -0.39 is 11.4 Å². The van der Waals surface area contributed by atoms with Crippen molar-refractivity contribution in [3.05, 3.63) is 34.2 Å². The average Bonchev–Trinajstić information content (AvgIpc) is 2.90. The number of carbonyl (C=O) groups is 1. The molecule has 6 nitrogen and oxygen atoms in total. The van der Waals surface area contributed by atoms with Gasteiger partial charge in [0.2, 0.25) is 0 Å². The van der Waals surface area contributed by atoms with Crippen molar-refractivity contribution in [2.45, 2.75) is 45.4 Å². The van der Waals surface area contributed by atoms with Crippen LogP contribution >= 0.6 is 15.9 Å². The van der Waals surface area contributed by atoms with Crippen molar-refractivity contribution >= 4 is 21.9 Å². The standard InChI is InChI=1S/C16H19BrN4O2/c1-10-6-7-13(19-18-10)21-9-12(17)14(20-21)11-5-3-4-8-16(11,2)15(22)23/h6-7,9,11H,3-5,8H2,1-2H3,(H,22,23). The number of aryl methyl sites for hydroxylation is 1. The van der Waals surface area contributed by atoms with E-state index in [1.165, 1.54) is 0 Å². The molecule has 1 N–H and O–H groups in total. The second kappa shape index (κ2) is 6.03. The zero-order chi connectivity index (χ0) is 16.6. The van der Waals surface area contributed by atoms with Crippen molar-refractivity contribution in [2.75, 3.05) is 0 Å². The maximum atomic E-state index is 11.8. The number of aliphatic carboxylic acids is 1. The number of hydrogen-bond acceptors (Lipinski definition) is 4. The Morgan fingerprint density at radius 1 is 1.39 bits per heavy atom. The van der Waals surface area contributed by atoms with Gasteiger partial charge in [-0.05, 0) is 54.8 Å². The highest BCUT2D eigenvalue weighted by atomic mass is 79.9. The SMILES string of the molecule is Cc1ccc(-n2cc(Br)c(C3CCCCC3(C)C(=O)O)n2)nn1. The van der Waals surface area contributed by atoms with E-state index in [0.29, 0.717) is 12.2 Å². The molecule has 7 heteroatoms. The van der Waals surface area contributed by atoms with Gasteiger partial charge in [0.25, 0.3) is 0 Å². The van der Waals surface area contributed by atoms with E-state index in [9.17, 15) is 9.90 Å². The van der Waals surface area contributed by atoms with Gasteiger partial charge in [0.15, 0.2) is 5.82 Å². The first-order chi connectivity index (χ1) is 10.9. The fourth-order valence-electron chi connectivity index (χ4n) is 3.26. The van der Waals surface area contributed by atoms with Gasteiger partial charge in [0.05, 0.1) is 21.3 Å². The van der Waals surface area contributed by atoms with Gasteiger partial charge in [0.1, 0.15) is 0 Å². The van der Waals surface area contributed by atoms with Crippen molar-refractivity contribution in [1.82, 2.24) is 20.0 Å². The normalized spacial score (nSPS) is 24.6. The number of rotatable bonds is 3. The molecule has 2 unspecified atom stereocenters. The summed E-state index contributed by atoms with van der Waals surface area (Å²) in [5.74, 6) is -0.239. The van der Waals surface area contributed by atoms with E-state index in [1.54, 1.807) is 4.68 Å². The Kier molecular flexibility index (Phi) is 4.23. The van der Waals surface area contributed by atoms with Gasteiger partial charge < -0.3 is 5.11 Å². The molecule has 0 radical (unpaired) electrons. The molecule has 1 aliphatic carbocycles. The lowest BCUT2D eigenvalue weighted by Gasteiger charge is -2.37. The lowest BCUT2D eigenvalue weighted by molar-refractivity contribution is -0.151. The van der Waals surface area contributed by atoms with Gasteiger partial charge in [-0.3, -0.25) is 4.79 Å². The molecule has 0 spiro atoms.